The predicted octanol–water partition coefficient (Wildman–Crippen LogP) is 3.43. The number of hydrogen-bond donors (Lipinski definition) is 1. The van der Waals surface area contributed by atoms with Gasteiger partial charge < -0.3 is 14.5 Å². The monoisotopic (exact) mass is 337 g/mol. The van der Waals surface area contributed by atoms with Crippen LogP contribution >= 0.6 is 15.9 Å². The average Bonchev–Trinajstić information content (AvgIpc) is 2.84. The van der Waals surface area contributed by atoms with Gasteiger partial charge in [0.2, 0.25) is 0 Å². The summed E-state index contributed by atoms with van der Waals surface area (Å²) in [6, 6.07) is 11.1. The van der Waals surface area contributed by atoms with E-state index in [0.717, 1.165) is 16.0 Å². The predicted molar refractivity (Wildman–Crippen MR) is 79.5 cm³/mol. The van der Waals surface area contributed by atoms with Crippen molar-refractivity contribution in [3.05, 3.63) is 52.4 Å². The van der Waals surface area contributed by atoms with Crippen molar-refractivity contribution in [3.63, 3.8) is 0 Å². The molecule has 1 amide bonds. The molecule has 0 bridgehead atoms. The zero-order valence-corrected chi connectivity index (χ0v) is 12.9. The second kappa shape index (κ2) is 6.61. The maximum atomic E-state index is 11.9. The summed E-state index contributed by atoms with van der Waals surface area (Å²) >= 11 is 3.38. The first kappa shape index (κ1) is 14.7. The number of para-hydroxylation sites is 1. The molecule has 0 saturated heterocycles. The summed E-state index contributed by atoms with van der Waals surface area (Å²) < 4.78 is 11.8. The molecule has 106 valence electrons. The van der Waals surface area contributed by atoms with Crippen molar-refractivity contribution < 1.29 is 13.9 Å². The SMILES string of the molecule is Cc1ccc(CNC(=O)[C@@H](C)Oc2ccccc2Br)o1. The molecule has 0 radical (unpaired) electrons. The second-order valence-corrected chi connectivity index (χ2v) is 5.28. The van der Waals surface area contributed by atoms with E-state index >= 15 is 0 Å². The highest BCUT2D eigenvalue weighted by Crippen LogP contribution is 2.24. The van der Waals surface area contributed by atoms with Crippen molar-refractivity contribution in [2.45, 2.75) is 26.5 Å². The molecule has 1 N–H and O–H groups in total. The maximum absolute atomic E-state index is 11.9. The zero-order chi connectivity index (χ0) is 14.5. The minimum atomic E-state index is -0.579. The fourth-order valence-corrected chi connectivity index (χ4v) is 2.06. The number of carbonyl (C=O) groups excluding carboxylic acids is 1. The lowest BCUT2D eigenvalue weighted by Gasteiger charge is -2.15. The Kier molecular flexibility index (Phi) is 4.84. The highest BCUT2D eigenvalue weighted by atomic mass is 79.9. The number of carbonyl (C=O) groups is 1. The van der Waals surface area contributed by atoms with Gasteiger partial charge in [-0.05, 0) is 54.0 Å². The van der Waals surface area contributed by atoms with Crippen molar-refractivity contribution >= 4 is 21.8 Å². The van der Waals surface area contributed by atoms with E-state index in [2.05, 4.69) is 21.2 Å². The Labute approximate surface area is 126 Å². The molecule has 4 nitrogen and oxygen atoms in total. The van der Waals surface area contributed by atoms with E-state index in [4.69, 9.17) is 9.15 Å². The van der Waals surface area contributed by atoms with Crippen LogP contribution < -0.4 is 10.1 Å². The van der Waals surface area contributed by atoms with E-state index in [1.165, 1.54) is 0 Å². The van der Waals surface area contributed by atoms with Crippen LogP contribution in [0.2, 0.25) is 0 Å². The Morgan fingerprint density at radius 1 is 1.35 bits per heavy atom. The molecular formula is C15H16BrNO3. The lowest BCUT2D eigenvalue weighted by atomic mass is 10.3. The fourth-order valence-electron chi connectivity index (χ4n) is 1.68. The first-order chi connectivity index (χ1) is 9.56. The molecule has 0 aliphatic carbocycles. The topological polar surface area (TPSA) is 51.5 Å². The number of ether oxygens (including phenoxy) is 1. The van der Waals surface area contributed by atoms with E-state index in [1.54, 1.807) is 6.92 Å². The Balaban J connectivity index is 1.87. The van der Waals surface area contributed by atoms with Crippen molar-refractivity contribution in [2.24, 2.45) is 0 Å². The normalized spacial score (nSPS) is 11.9. The molecule has 0 spiro atoms. The molecule has 0 fully saturated rings. The van der Waals surface area contributed by atoms with Crippen molar-refractivity contribution in [1.29, 1.82) is 0 Å². The number of rotatable bonds is 5. The van der Waals surface area contributed by atoms with Gasteiger partial charge in [0.15, 0.2) is 6.10 Å². The summed E-state index contributed by atoms with van der Waals surface area (Å²) in [5.74, 6) is 2.01. The molecule has 0 saturated carbocycles. The van der Waals surface area contributed by atoms with Crippen LogP contribution in [0.25, 0.3) is 0 Å². The van der Waals surface area contributed by atoms with Crippen LogP contribution in [0.4, 0.5) is 0 Å². The first-order valence-corrected chi connectivity index (χ1v) is 7.10. The number of nitrogens with one attached hydrogen (secondary N) is 1. The van der Waals surface area contributed by atoms with E-state index in [9.17, 15) is 4.79 Å². The van der Waals surface area contributed by atoms with E-state index in [-0.39, 0.29) is 5.91 Å². The molecule has 1 aromatic carbocycles. The van der Waals surface area contributed by atoms with Gasteiger partial charge in [-0.2, -0.15) is 0 Å². The molecule has 0 aliphatic rings. The maximum Gasteiger partial charge on any atom is 0.261 e. The smallest absolute Gasteiger partial charge is 0.261 e. The van der Waals surface area contributed by atoms with Crippen molar-refractivity contribution in [1.82, 2.24) is 5.32 Å². The average molecular weight is 338 g/mol. The summed E-state index contributed by atoms with van der Waals surface area (Å²) in [5.41, 5.74) is 0. The van der Waals surface area contributed by atoms with Crippen LogP contribution in [0, 0.1) is 6.92 Å². The van der Waals surface area contributed by atoms with Gasteiger partial charge in [0.25, 0.3) is 5.91 Å². The molecule has 0 aliphatic heterocycles. The van der Waals surface area contributed by atoms with Gasteiger partial charge >= 0.3 is 0 Å². The van der Waals surface area contributed by atoms with Crippen LogP contribution in [0.1, 0.15) is 18.4 Å². The van der Waals surface area contributed by atoms with Gasteiger partial charge in [0.1, 0.15) is 17.3 Å². The van der Waals surface area contributed by atoms with E-state index < -0.39 is 6.10 Å². The molecule has 5 heteroatoms. The van der Waals surface area contributed by atoms with Crippen LogP contribution in [0.5, 0.6) is 5.75 Å². The first-order valence-electron chi connectivity index (χ1n) is 6.30. The summed E-state index contributed by atoms with van der Waals surface area (Å²) in [7, 11) is 0. The summed E-state index contributed by atoms with van der Waals surface area (Å²) in [5, 5.41) is 2.78. The Bertz CT molecular complexity index is 594. The van der Waals surface area contributed by atoms with Gasteiger partial charge in [-0.15, -0.1) is 0 Å². The molecule has 1 heterocycles. The van der Waals surface area contributed by atoms with E-state index in [0.29, 0.717) is 12.3 Å². The van der Waals surface area contributed by atoms with E-state index in [1.807, 2.05) is 43.3 Å². The third-order valence-corrected chi connectivity index (χ3v) is 3.40. The molecule has 2 rings (SSSR count). The van der Waals surface area contributed by atoms with Crippen molar-refractivity contribution in [2.75, 3.05) is 0 Å². The van der Waals surface area contributed by atoms with Gasteiger partial charge in [-0.25, -0.2) is 0 Å². The standard InChI is InChI=1S/C15H16BrNO3/c1-10-7-8-12(19-10)9-17-15(18)11(2)20-14-6-4-3-5-13(14)16/h3-8,11H,9H2,1-2H3,(H,17,18)/t11-/m1/s1. The van der Waals surface area contributed by atoms with Gasteiger partial charge in [-0.1, -0.05) is 12.1 Å². The zero-order valence-electron chi connectivity index (χ0n) is 11.4. The number of hydrogen-bond acceptors (Lipinski definition) is 3. The lowest BCUT2D eigenvalue weighted by molar-refractivity contribution is -0.127. The largest absolute Gasteiger partial charge is 0.480 e. The fraction of sp³-hybridized carbons (Fsp3) is 0.267. The highest BCUT2D eigenvalue weighted by Gasteiger charge is 2.15. The molecule has 1 aromatic heterocycles. The van der Waals surface area contributed by atoms with Gasteiger partial charge in [0, 0.05) is 0 Å². The Hall–Kier alpha value is -1.75. The number of aryl methyl sites for hydroxylation is 1. The third-order valence-electron chi connectivity index (χ3n) is 2.74. The highest BCUT2D eigenvalue weighted by molar-refractivity contribution is 9.10. The molecule has 2 aromatic rings. The molecule has 20 heavy (non-hydrogen) atoms. The summed E-state index contributed by atoms with van der Waals surface area (Å²) in [4.78, 5) is 11.9. The van der Waals surface area contributed by atoms with Crippen LogP contribution in [-0.4, -0.2) is 12.0 Å². The third kappa shape index (κ3) is 3.87. The summed E-state index contributed by atoms with van der Waals surface area (Å²) in [6.07, 6.45) is -0.579. The number of benzene rings is 1. The second-order valence-electron chi connectivity index (χ2n) is 4.42. The van der Waals surface area contributed by atoms with Crippen LogP contribution in [0.3, 0.4) is 0 Å². The van der Waals surface area contributed by atoms with Crippen LogP contribution in [0.15, 0.2) is 45.3 Å². The summed E-state index contributed by atoms with van der Waals surface area (Å²) in [6.45, 7) is 3.93. The number of furan rings is 1. The molecule has 1 atom stereocenters. The molecule has 0 unspecified atom stereocenters. The quantitative estimate of drug-likeness (QED) is 0.909. The Morgan fingerprint density at radius 3 is 2.75 bits per heavy atom. The van der Waals surface area contributed by atoms with Crippen LogP contribution in [-0.2, 0) is 11.3 Å². The molecular weight excluding hydrogens is 322 g/mol. The van der Waals surface area contributed by atoms with Crippen molar-refractivity contribution in [3.8, 4) is 5.75 Å². The number of halogens is 1. The van der Waals surface area contributed by atoms with Gasteiger partial charge in [-0.3, -0.25) is 4.79 Å². The van der Waals surface area contributed by atoms with Gasteiger partial charge in [0.05, 0.1) is 11.0 Å². The minimum absolute atomic E-state index is 0.185. The Morgan fingerprint density at radius 2 is 2.10 bits per heavy atom. The lowest BCUT2D eigenvalue weighted by Crippen LogP contribution is -2.35. The minimum Gasteiger partial charge on any atom is -0.480 e. The number of amides is 1.